The van der Waals surface area contributed by atoms with E-state index in [0.717, 1.165) is 85.0 Å². The highest BCUT2D eigenvalue weighted by molar-refractivity contribution is 5.37. The molecule has 0 aliphatic heterocycles. The normalized spacial score (nSPS) is 11.6. The molecule has 0 atom stereocenters. The largest absolute Gasteiger partial charge is 0.573 e. The monoisotopic (exact) mass is 1050 g/mol. The molecule has 0 radical (unpaired) electrons. The first-order chi connectivity index (χ1) is 35.8. The quantitative estimate of drug-likeness (QED) is 0.0275. The smallest absolute Gasteiger partial charge is 0.449 e. The summed E-state index contributed by atoms with van der Waals surface area (Å²) in [6.45, 7) is 3.78. The molecule has 74 heavy (non-hydrogen) atoms. The van der Waals surface area contributed by atoms with E-state index in [1.807, 2.05) is 18.2 Å². The van der Waals surface area contributed by atoms with Gasteiger partial charge in [0.1, 0.15) is 18.1 Å². The molecule has 3 aromatic carbocycles. The Hall–Kier alpha value is -5.72. The standard InChI is InChI=1S/C33H53F3N2O5.C22H23F3N2O4/c1-2-3-4-5-6-7-8-9-10-11-12-13-14-15-16-17-18-19-20-21-26-40-27-28-41-31-37-38(32(39)42-31)29-22-24-30(25-23-29)43-33(34,35)36;23-22(24,25)31-19-14-12-18(13-15-19)27-21(28)30-20(26-27)29-16-8-3-1-2-5-9-17-10-6-4-7-11-17/h22-25H,2-21,26-28H2,1H3;4,6-7,10-15H,1-3,5,8-9,16H2. The molecule has 13 nitrogen and oxygen atoms in total. The van der Waals surface area contributed by atoms with Gasteiger partial charge < -0.3 is 32.5 Å². The van der Waals surface area contributed by atoms with E-state index < -0.39 is 35.7 Å². The van der Waals surface area contributed by atoms with Gasteiger partial charge in [-0.1, -0.05) is 189 Å². The van der Waals surface area contributed by atoms with Crippen molar-refractivity contribution < 1.29 is 58.9 Å². The Bertz CT molecular complexity index is 2300. The van der Waals surface area contributed by atoms with Crippen molar-refractivity contribution in [2.75, 3.05) is 26.4 Å². The number of rotatable bonds is 38. The number of halogens is 6. The van der Waals surface area contributed by atoms with Crippen LogP contribution < -0.4 is 30.5 Å². The van der Waals surface area contributed by atoms with Crippen molar-refractivity contribution in [3.63, 3.8) is 0 Å². The van der Waals surface area contributed by atoms with Gasteiger partial charge >= 0.3 is 36.4 Å². The first kappa shape index (κ1) is 60.8. The Kier molecular flexibility index (Phi) is 29.2. The number of hydrogen-bond donors (Lipinski definition) is 0. The fraction of sp³-hybridized carbons (Fsp3) is 0.600. The maximum absolute atomic E-state index is 12.3. The van der Waals surface area contributed by atoms with Crippen molar-refractivity contribution in [1.29, 1.82) is 0 Å². The van der Waals surface area contributed by atoms with Gasteiger partial charge in [-0.05, 0) is 79.8 Å². The molecule has 0 spiro atoms. The van der Waals surface area contributed by atoms with Gasteiger partial charge in [-0.25, -0.2) is 9.59 Å². The fourth-order valence-corrected chi connectivity index (χ4v) is 8.06. The van der Waals surface area contributed by atoms with E-state index in [-0.39, 0.29) is 30.1 Å². The highest BCUT2D eigenvalue weighted by Gasteiger charge is 2.32. The zero-order valence-corrected chi connectivity index (χ0v) is 42.9. The fourth-order valence-electron chi connectivity index (χ4n) is 8.06. The van der Waals surface area contributed by atoms with Crippen LogP contribution in [0.15, 0.2) is 97.3 Å². The molecular formula is C55H76F6N4O9. The summed E-state index contributed by atoms with van der Waals surface area (Å²) in [6.07, 6.45) is 23.2. The van der Waals surface area contributed by atoms with Gasteiger partial charge in [0, 0.05) is 6.61 Å². The van der Waals surface area contributed by atoms with Crippen LogP contribution in [0.25, 0.3) is 11.4 Å². The number of hydrogen-bond acceptors (Lipinski definition) is 11. The molecule has 2 heterocycles. The van der Waals surface area contributed by atoms with Crippen LogP contribution in [-0.4, -0.2) is 58.7 Å². The summed E-state index contributed by atoms with van der Waals surface area (Å²) in [6, 6.07) is 19.8. The van der Waals surface area contributed by atoms with Crippen LogP contribution >= 0.6 is 0 Å². The summed E-state index contributed by atoms with van der Waals surface area (Å²) in [5, 5.41) is 7.83. The van der Waals surface area contributed by atoms with Gasteiger partial charge in [-0.2, -0.15) is 9.36 Å². The van der Waals surface area contributed by atoms with Crippen LogP contribution in [0.3, 0.4) is 0 Å². The molecule has 19 heteroatoms. The molecule has 0 amide bonds. The molecule has 0 saturated carbocycles. The lowest BCUT2D eigenvalue weighted by atomic mass is 10.0. The SMILES string of the molecule is CCCCCCCCCCCCCCCCCCCCCCOCCOc1nn(-c2ccc(OC(F)(F)F)cc2)c(=O)o1.O=c1oc(OCCCCCCCc2ccccc2)nn1-c1ccc(OC(F)(F)F)cc1. The van der Waals surface area contributed by atoms with Crippen LogP contribution in [0, 0.1) is 0 Å². The molecule has 5 aromatic rings. The van der Waals surface area contributed by atoms with Crippen LogP contribution in [0.4, 0.5) is 26.3 Å². The lowest BCUT2D eigenvalue weighted by molar-refractivity contribution is -0.275. The van der Waals surface area contributed by atoms with E-state index in [1.165, 1.54) is 145 Å². The van der Waals surface area contributed by atoms with E-state index in [1.54, 1.807) is 0 Å². The zero-order valence-electron chi connectivity index (χ0n) is 42.9. The summed E-state index contributed by atoms with van der Waals surface area (Å²) in [5.41, 5.74) is 1.80. The lowest BCUT2D eigenvalue weighted by Crippen LogP contribution is -2.17. The van der Waals surface area contributed by atoms with Crippen molar-refractivity contribution in [2.24, 2.45) is 0 Å². The van der Waals surface area contributed by atoms with E-state index in [2.05, 4.69) is 38.7 Å². The molecule has 0 aliphatic rings. The molecule has 0 aliphatic carbocycles. The van der Waals surface area contributed by atoms with E-state index in [9.17, 15) is 35.9 Å². The number of aryl methyl sites for hydroxylation is 1. The highest BCUT2D eigenvalue weighted by atomic mass is 19.4. The van der Waals surface area contributed by atoms with Crippen molar-refractivity contribution in [3.05, 3.63) is 106 Å². The Morgan fingerprint density at radius 1 is 0.432 bits per heavy atom. The van der Waals surface area contributed by atoms with Gasteiger partial charge in [-0.15, -0.1) is 26.3 Å². The minimum absolute atomic E-state index is 0.164. The maximum Gasteiger partial charge on any atom is 0.573 e. The highest BCUT2D eigenvalue weighted by Crippen LogP contribution is 2.25. The Morgan fingerprint density at radius 2 is 0.797 bits per heavy atom. The predicted molar refractivity (Wildman–Crippen MR) is 271 cm³/mol. The lowest BCUT2D eigenvalue weighted by Gasteiger charge is -2.08. The van der Waals surface area contributed by atoms with Crippen LogP contribution in [0.5, 0.6) is 23.7 Å². The number of nitrogens with zero attached hydrogens (tertiary/aromatic N) is 4. The molecule has 0 N–H and O–H groups in total. The van der Waals surface area contributed by atoms with Crippen molar-refractivity contribution >= 4 is 0 Å². The van der Waals surface area contributed by atoms with E-state index in [4.69, 9.17) is 23.0 Å². The minimum atomic E-state index is -4.79. The first-order valence-electron chi connectivity index (χ1n) is 26.6. The van der Waals surface area contributed by atoms with Gasteiger partial charge in [0.2, 0.25) is 0 Å². The van der Waals surface area contributed by atoms with Crippen molar-refractivity contribution in [3.8, 4) is 35.0 Å². The van der Waals surface area contributed by atoms with Gasteiger partial charge in [0.05, 0.1) is 24.6 Å². The average Bonchev–Trinajstić information content (AvgIpc) is 3.94. The third kappa shape index (κ3) is 27.5. The first-order valence-corrected chi connectivity index (χ1v) is 26.6. The number of aromatic nitrogens is 4. The predicted octanol–water partition coefficient (Wildman–Crippen LogP) is 15.2. The summed E-state index contributed by atoms with van der Waals surface area (Å²) >= 11 is 0. The second-order valence-electron chi connectivity index (χ2n) is 18.2. The molecule has 5 rings (SSSR count). The molecule has 412 valence electrons. The summed E-state index contributed by atoms with van der Waals surface area (Å²) in [5.74, 6) is -2.40. The number of benzene rings is 3. The topological polar surface area (TPSA) is 142 Å². The second kappa shape index (κ2) is 35.5. The van der Waals surface area contributed by atoms with E-state index >= 15 is 0 Å². The van der Waals surface area contributed by atoms with Gasteiger partial charge in [0.15, 0.2) is 0 Å². The van der Waals surface area contributed by atoms with Gasteiger partial charge in [-0.3, -0.25) is 0 Å². The molecule has 0 bridgehead atoms. The summed E-state index contributed by atoms with van der Waals surface area (Å²) in [7, 11) is 0. The Morgan fingerprint density at radius 3 is 1.20 bits per heavy atom. The van der Waals surface area contributed by atoms with Crippen molar-refractivity contribution in [2.45, 2.75) is 187 Å². The summed E-state index contributed by atoms with van der Waals surface area (Å²) in [4.78, 5) is 23.9. The average molecular weight is 1050 g/mol. The number of unbranched alkanes of at least 4 members (excludes halogenated alkanes) is 23. The van der Waals surface area contributed by atoms with Crippen LogP contribution in [0.2, 0.25) is 0 Å². The van der Waals surface area contributed by atoms with Crippen molar-refractivity contribution in [1.82, 2.24) is 19.6 Å². The number of ether oxygens (including phenoxy) is 5. The Labute approximate surface area is 430 Å². The second-order valence-corrected chi connectivity index (χ2v) is 18.2. The zero-order chi connectivity index (χ0) is 53.1. The molecule has 0 saturated heterocycles. The molecule has 2 aromatic heterocycles. The van der Waals surface area contributed by atoms with Crippen LogP contribution in [0.1, 0.15) is 173 Å². The third-order valence-corrected chi connectivity index (χ3v) is 12.0. The Balaban J connectivity index is 0.000000337. The molecular weight excluding hydrogens is 975 g/mol. The van der Waals surface area contributed by atoms with Crippen LogP contribution in [-0.2, 0) is 11.2 Å². The number of alkyl halides is 6. The molecule has 0 unspecified atom stereocenters. The summed E-state index contributed by atoms with van der Waals surface area (Å²) < 4.78 is 109. The minimum Gasteiger partial charge on any atom is -0.449 e. The maximum atomic E-state index is 12.3. The van der Waals surface area contributed by atoms with Gasteiger partial charge in [0.25, 0.3) is 0 Å². The molecule has 0 fully saturated rings. The van der Waals surface area contributed by atoms with E-state index in [0.29, 0.717) is 19.8 Å². The third-order valence-electron chi connectivity index (χ3n) is 12.0.